The summed E-state index contributed by atoms with van der Waals surface area (Å²) in [6.07, 6.45) is 12.4. The van der Waals surface area contributed by atoms with Gasteiger partial charge in [-0.05, 0) is 38.3 Å². The van der Waals surface area contributed by atoms with Crippen LogP contribution in [0.4, 0.5) is 0 Å². The number of hydrogen-bond donors (Lipinski definition) is 1. The monoisotopic (exact) mass is 247 g/mol. The lowest BCUT2D eigenvalue weighted by molar-refractivity contribution is 0.274. The standard InChI is InChI=1S/C17H29N/c1-15(2)11-8-9-14(10-12-15)16(3,4)13-17(5,6)18-7/h8-12,18H,13H2,1-7H3. The molecule has 1 aliphatic rings. The average molecular weight is 247 g/mol. The summed E-state index contributed by atoms with van der Waals surface area (Å²) in [4.78, 5) is 0. The van der Waals surface area contributed by atoms with Crippen molar-refractivity contribution in [2.24, 2.45) is 10.8 Å². The third-order valence-corrected chi connectivity index (χ3v) is 3.84. The summed E-state index contributed by atoms with van der Waals surface area (Å²) in [5, 5.41) is 3.40. The molecule has 0 spiro atoms. The second-order valence-corrected chi connectivity index (χ2v) is 7.33. The molecule has 0 fully saturated rings. The first-order chi connectivity index (χ1) is 8.08. The van der Waals surface area contributed by atoms with Crippen LogP contribution in [-0.4, -0.2) is 12.6 Å². The van der Waals surface area contributed by atoms with Gasteiger partial charge < -0.3 is 5.32 Å². The van der Waals surface area contributed by atoms with Crippen molar-refractivity contribution in [3.8, 4) is 0 Å². The van der Waals surface area contributed by atoms with Crippen molar-refractivity contribution in [2.45, 2.75) is 53.5 Å². The minimum absolute atomic E-state index is 0.156. The molecule has 0 saturated heterocycles. The molecule has 18 heavy (non-hydrogen) atoms. The fraction of sp³-hybridized carbons (Fsp3) is 0.647. The molecule has 0 heterocycles. The fourth-order valence-corrected chi connectivity index (χ4v) is 2.56. The quantitative estimate of drug-likeness (QED) is 0.772. The molecule has 0 atom stereocenters. The predicted octanol–water partition coefficient (Wildman–Crippen LogP) is 4.48. The van der Waals surface area contributed by atoms with Crippen LogP contribution < -0.4 is 5.32 Å². The van der Waals surface area contributed by atoms with Crippen LogP contribution >= 0.6 is 0 Å². The molecule has 0 saturated carbocycles. The first kappa shape index (κ1) is 15.2. The molecule has 1 heteroatoms. The van der Waals surface area contributed by atoms with E-state index in [0.29, 0.717) is 0 Å². The Morgan fingerprint density at radius 1 is 1.11 bits per heavy atom. The van der Waals surface area contributed by atoms with E-state index in [9.17, 15) is 0 Å². The lowest BCUT2D eigenvalue weighted by Gasteiger charge is -2.36. The molecule has 0 radical (unpaired) electrons. The fourth-order valence-electron chi connectivity index (χ4n) is 2.56. The van der Waals surface area contributed by atoms with Crippen molar-refractivity contribution in [2.75, 3.05) is 7.05 Å². The van der Waals surface area contributed by atoms with Crippen LogP contribution in [-0.2, 0) is 0 Å². The zero-order valence-electron chi connectivity index (χ0n) is 13.1. The van der Waals surface area contributed by atoms with Gasteiger partial charge >= 0.3 is 0 Å². The third-order valence-electron chi connectivity index (χ3n) is 3.84. The topological polar surface area (TPSA) is 12.0 Å². The van der Waals surface area contributed by atoms with E-state index in [2.05, 4.69) is 77.2 Å². The van der Waals surface area contributed by atoms with E-state index < -0.39 is 0 Å². The van der Waals surface area contributed by atoms with Gasteiger partial charge in [0.2, 0.25) is 0 Å². The molecular weight excluding hydrogens is 218 g/mol. The Labute approximate surface area is 113 Å². The molecular formula is C17H29N. The Morgan fingerprint density at radius 3 is 2.28 bits per heavy atom. The second-order valence-electron chi connectivity index (χ2n) is 7.33. The van der Waals surface area contributed by atoms with Crippen molar-refractivity contribution in [3.63, 3.8) is 0 Å². The molecule has 1 N–H and O–H groups in total. The number of rotatable bonds is 4. The molecule has 102 valence electrons. The Bertz CT molecular complexity index is 378. The van der Waals surface area contributed by atoms with E-state index in [1.54, 1.807) is 0 Å². The Kier molecular flexibility index (Phi) is 4.27. The van der Waals surface area contributed by atoms with Gasteiger partial charge in [0.25, 0.3) is 0 Å². The van der Waals surface area contributed by atoms with Gasteiger partial charge in [-0.15, -0.1) is 0 Å². The minimum Gasteiger partial charge on any atom is -0.315 e. The molecule has 0 aliphatic heterocycles. The molecule has 0 amide bonds. The summed E-state index contributed by atoms with van der Waals surface area (Å²) in [5.74, 6) is 0. The predicted molar refractivity (Wildman–Crippen MR) is 81.7 cm³/mol. The molecule has 1 nitrogen and oxygen atoms in total. The summed E-state index contributed by atoms with van der Waals surface area (Å²) in [6.45, 7) is 13.6. The summed E-state index contributed by atoms with van der Waals surface area (Å²) < 4.78 is 0. The normalized spacial score (nSPS) is 19.6. The summed E-state index contributed by atoms with van der Waals surface area (Å²) in [6, 6.07) is 0. The van der Waals surface area contributed by atoms with Crippen LogP contribution in [0.2, 0.25) is 0 Å². The summed E-state index contributed by atoms with van der Waals surface area (Å²) in [5.41, 5.74) is 1.90. The molecule has 0 aromatic carbocycles. The van der Waals surface area contributed by atoms with Gasteiger partial charge in [-0.1, -0.05) is 58.1 Å². The van der Waals surface area contributed by atoms with E-state index in [-0.39, 0.29) is 16.4 Å². The smallest absolute Gasteiger partial charge is 0.0130 e. The number of nitrogens with one attached hydrogen (secondary N) is 1. The highest BCUT2D eigenvalue weighted by Crippen LogP contribution is 2.37. The van der Waals surface area contributed by atoms with Gasteiger partial charge in [0, 0.05) is 11.0 Å². The van der Waals surface area contributed by atoms with Gasteiger partial charge in [0.15, 0.2) is 0 Å². The maximum Gasteiger partial charge on any atom is 0.0130 e. The van der Waals surface area contributed by atoms with Gasteiger partial charge in [-0.25, -0.2) is 0 Å². The highest BCUT2D eigenvalue weighted by Gasteiger charge is 2.30. The zero-order chi connectivity index (χ0) is 14.0. The molecule has 0 aromatic heterocycles. The van der Waals surface area contributed by atoms with Crippen molar-refractivity contribution in [3.05, 3.63) is 36.0 Å². The van der Waals surface area contributed by atoms with Gasteiger partial charge in [-0.3, -0.25) is 0 Å². The average Bonchev–Trinajstić information content (AvgIpc) is 2.38. The van der Waals surface area contributed by atoms with E-state index in [1.807, 2.05) is 7.05 Å². The van der Waals surface area contributed by atoms with Crippen LogP contribution in [0.1, 0.15) is 48.0 Å². The van der Waals surface area contributed by atoms with Crippen LogP contribution in [0, 0.1) is 10.8 Å². The van der Waals surface area contributed by atoms with Crippen molar-refractivity contribution >= 4 is 0 Å². The lowest BCUT2D eigenvalue weighted by atomic mass is 9.74. The molecule has 1 aliphatic carbocycles. The van der Waals surface area contributed by atoms with Crippen LogP contribution in [0.15, 0.2) is 36.0 Å². The van der Waals surface area contributed by atoms with Crippen LogP contribution in [0.25, 0.3) is 0 Å². The third kappa shape index (κ3) is 4.13. The highest BCUT2D eigenvalue weighted by molar-refractivity contribution is 5.35. The van der Waals surface area contributed by atoms with Crippen molar-refractivity contribution < 1.29 is 0 Å². The van der Waals surface area contributed by atoms with Gasteiger partial charge in [-0.2, -0.15) is 0 Å². The van der Waals surface area contributed by atoms with Gasteiger partial charge in [0.1, 0.15) is 0 Å². The maximum atomic E-state index is 3.40. The van der Waals surface area contributed by atoms with Crippen molar-refractivity contribution in [1.82, 2.24) is 5.32 Å². The molecule has 1 rings (SSSR count). The molecule has 0 bridgehead atoms. The van der Waals surface area contributed by atoms with Crippen LogP contribution in [0.5, 0.6) is 0 Å². The van der Waals surface area contributed by atoms with Gasteiger partial charge in [0.05, 0.1) is 0 Å². The van der Waals surface area contributed by atoms with E-state index in [4.69, 9.17) is 0 Å². The second kappa shape index (κ2) is 5.05. The number of allylic oxidation sites excluding steroid dienone is 6. The first-order valence-corrected chi connectivity index (χ1v) is 6.86. The zero-order valence-corrected chi connectivity index (χ0v) is 13.1. The Hall–Kier alpha value is -0.820. The highest BCUT2D eigenvalue weighted by atomic mass is 14.9. The first-order valence-electron chi connectivity index (χ1n) is 6.86. The molecule has 0 aromatic rings. The summed E-state index contributed by atoms with van der Waals surface area (Å²) in [7, 11) is 2.04. The van der Waals surface area contributed by atoms with Crippen molar-refractivity contribution in [1.29, 1.82) is 0 Å². The summed E-state index contributed by atoms with van der Waals surface area (Å²) >= 11 is 0. The SMILES string of the molecule is CNC(C)(C)CC(C)(C)C1=CC=CC(C)(C)C=C1. The van der Waals surface area contributed by atoms with Crippen LogP contribution in [0.3, 0.4) is 0 Å². The Morgan fingerprint density at radius 2 is 1.72 bits per heavy atom. The van der Waals surface area contributed by atoms with E-state index in [0.717, 1.165) is 6.42 Å². The van der Waals surface area contributed by atoms with E-state index >= 15 is 0 Å². The minimum atomic E-state index is 0.156. The molecule has 0 unspecified atom stereocenters. The number of hydrogen-bond acceptors (Lipinski definition) is 1. The largest absolute Gasteiger partial charge is 0.315 e. The lowest BCUT2D eigenvalue weighted by Crippen LogP contribution is -2.40. The Balaban J connectivity index is 2.93. The maximum absolute atomic E-state index is 3.40. The van der Waals surface area contributed by atoms with E-state index in [1.165, 1.54) is 5.57 Å².